The minimum atomic E-state index is -0.304. The number of piperazine rings is 1. The zero-order chi connectivity index (χ0) is 13.1. The summed E-state index contributed by atoms with van der Waals surface area (Å²) < 4.78 is 0. The van der Waals surface area contributed by atoms with Gasteiger partial charge in [0.2, 0.25) is 5.91 Å². The molecule has 0 aromatic heterocycles. The Labute approximate surface area is 105 Å². The maximum atomic E-state index is 12.0. The molecule has 0 aromatic rings. The smallest absolute Gasteiger partial charge is 0.239 e. The van der Waals surface area contributed by atoms with E-state index in [2.05, 4.69) is 32.6 Å². The number of nitrogens with zero attached hydrogens (tertiary/aromatic N) is 2. The van der Waals surface area contributed by atoms with Gasteiger partial charge in [-0.25, -0.2) is 0 Å². The molecule has 1 atom stereocenters. The first kappa shape index (κ1) is 14.5. The first-order valence-corrected chi connectivity index (χ1v) is 6.65. The summed E-state index contributed by atoms with van der Waals surface area (Å²) in [5, 5.41) is 0. The van der Waals surface area contributed by atoms with Crippen molar-refractivity contribution in [3.8, 4) is 0 Å². The average Bonchev–Trinajstić information content (AvgIpc) is 2.27. The van der Waals surface area contributed by atoms with Crippen LogP contribution >= 0.6 is 0 Å². The lowest BCUT2D eigenvalue weighted by Gasteiger charge is -2.42. The van der Waals surface area contributed by atoms with Crippen molar-refractivity contribution in [2.45, 2.75) is 52.1 Å². The summed E-state index contributed by atoms with van der Waals surface area (Å²) in [7, 11) is 0. The molecule has 0 aromatic carbocycles. The van der Waals surface area contributed by atoms with Gasteiger partial charge < -0.3 is 10.6 Å². The van der Waals surface area contributed by atoms with Gasteiger partial charge in [0.25, 0.3) is 0 Å². The quantitative estimate of drug-likeness (QED) is 0.803. The van der Waals surface area contributed by atoms with Crippen LogP contribution in [0.1, 0.15) is 40.5 Å². The molecular weight excluding hydrogens is 214 g/mol. The third kappa shape index (κ3) is 3.96. The SMILES string of the molecule is CCC[C@@H](N)C(=O)N1CCN(C(C)(C)C)CC1. The predicted octanol–water partition coefficient (Wildman–Crippen LogP) is 1.06. The number of hydrogen-bond acceptors (Lipinski definition) is 3. The highest BCUT2D eigenvalue weighted by molar-refractivity contribution is 5.81. The lowest BCUT2D eigenvalue weighted by molar-refractivity contribution is -0.135. The number of amides is 1. The molecule has 1 saturated heterocycles. The van der Waals surface area contributed by atoms with E-state index in [0.29, 0.717) is 0 Å². The van der Waals surface area contributed by atoms with Crippen LogP contribution in [0.2, 0.25) is 0 Å². The molecule has 100 valence electrons. The summed E-state index contributed by atoms with van der Waals surface area (Å²) in [6, 6.07) is -0.304. The van der Waals surface area contributed by atoms with Crippen LogP contribution in [-0.2, 0) is 4.79 Å². The molecule has 0 spiro atoms. The van der Waals surface area contributed by atoms with E-state index in [-0.39, 0.29) is 17.5 Å². The number of carbonyl (C=O) groups is 1. The standard InChI is InChI=1S/C13H27N3O/c1-5-6-11(14)12(17)15-7-9-16(10-8-15)13(2,3)4/h11H,5-10,14H2,1-4H3/t11-/m1/s1. The zero-order valence-electron chi connectivity index (χ0n) is 11.7. The highest BCUT2D eigenvalue weighted by Gasteiger charge is 2.29. The Balaban J connectivity index is 2.44. The van der Waals surface area contributed by atoms with Gasteiger partial charge in [0, 0.05) is 31.7 Å². The van der Waals surface area contributed by atoms with Crippen LogP contribution < -0.4 is 5.73 Å². The summed E-state index contributed by atoms with van der Waals surface area (Å²) in [6.45, 7) is 12.2. The van der Waals surface area contributed by atoms with Gasteiger partial charge in [-0.05, 0) is 27.2 Å². The molecule has 0 saturated carbocycles. The van der Waals surface area contributed by atoms with Gasteiger partial charge in [-0.1, -0.05) is 13.3 Å². The Hall–Kier alpha value is -0.610. The zero-order valence-corrected chi connectivity index (χ0v) is 11.7. The van der Waals surface area contributed by atoms with Crippen molar-refractivity contribution in [2.75, 3.05) is 26.2 Å². The molecule has 1 aliphatic rings. The van der Waals surface area contributed by atoms with Crippen molar-refractivity contribution in [1.82, 2.24) is 9.80 Å². The van der Waals surface area contributed by atoms with E-state index in [1.54, 1.807) is 0 Å². The van der Waals surface area contributed by atoms with Gasteiger partial charge in [0.1, 0.15) is 0 Å². The van der Waals surface area contributed by atoms with E-state index in [1.165, 1.54) is 0 Å². The van der Waals surface area contributed by atoms with Crippen molar-refractivity contribution in [2.24, 2.45) is 5.73 Å². The van der Waals surface area contributed by atoms with Gasteiger partial charge in [0.05, 0.1) is 6.04 Å². The number of rotatable bonds is 3. The van der Waals surface area contributed by atoms with E-state index in [4.69, 9.17) is 5.73 Å². The first-order chi connectivity index (χ1) is 7.86. The second-order valence-electron chi connectivity index (χ2n) is 5.88. The number of nitrogens with two attached hydrogens (primary N) is 1. The van der Waals surface area contributed by atoms with Gasteiger partial charge in [0.15, 0.2) is 0 Å². The first-order valence-electron chi connectivity index (χ1n) is 6.65. The van der Waals surface area contributed by atoms with Crippen LogP contribution in [0, 0.1) is 0 Å². The molecule has 1 aliphatic heterocycles. The maximum Gasteiger partial charge on any atom is 0.239 e. The van der Waals surface area contributed by atoms with Crippen molar-refractivity contribution in [3.63, 3.8) is 0 Å². The molecule has 1 rings (SSSR count). The Morgan fingerprint density at radius 1 is 1.24 bits per heavy atom. The Morgan fingerprint density at radius 3 is 2.18 bits per heavy atom. The summed E-state index contributed by atoms with van der Waals surface area (Å²) >= 11 is 0. The molecule has 0 aliphatic carbocycles. The fourth-order valence-corrected chi connectivity index (χ4v) is 2.27. The molecule has 1 heterocycles. The molecule has 17 heavy (non-hydrogen) atoms. The molecule has 0 bridgehead atoms. The van der Waals surface area contributed by atoms with Crippen LogP contribution in [0.25, 0.3) is 0 Å². The third-order valence-corrected chi connectivity index (χ3v) is 3.46. The van der Waals surface area contributed by atoms with Crippen LogP contribution in [0.5, 0.6) is 0 Å². The van der Waals surface area contributed by atoms with Crippen LogP contribution in [0.4, 0.5) is 0 Å². The van der Waals surface area contributed by atoms with Crippen molar-refractivity contribution in [1.29, 1.82) is 0 Å². The van der Waals surface area contributed by atoms with Crippen LogP contribution in [0.3, 0.4) is 0 Å². The summed E-state index contributed by atoms with van der Waals surface area (Å²) in [4.78, 5) is 16.4. The largest absolute Gasteiger partial charge is 0.339 e. The van der Waals surface area contributed by atoms with Gasteiger partial charge in [-0.3, -0.25) is 9.69 Å². The normalized spacial score (nSPS) is 20.4. The fraction of sp³-hybridized carbons (Fsp3) is 0.923. The molecule has 4 heteroatoms. The average molecular weight is 241 g/mol. The molecule has 2 N–H and O–H groups in total. The van der Waals surface area contributed by atoms with Crippen molar-refractivity contribution < 1.29 is 4.79 Å². The van der Waals surface area contributed by atoms with Crippen LogP contribution in [0.15, 0.2) is 0 Å². The number of hydrogen-bond donors (Lipinski definition) is 1. The van der Waals surface area contributed by atoms with E-state index in [1.807, 2.05) is 4.90 Å². The molecule has 0 radical (unpaired) electrons. The molecule has 0 unspecified atom stereocenters. The Bertz CT molecular complexity index is 252. The Morgan fingerprint density at radius 2 is 1.76 bits per heavy atom. The minimum Gasteiger partial charge on any atom is -0.339 e. The van der Waals surface area contributed by atoms with Crippen LogP contribution in [-0.4, -0.2) is 53.5 Å². The lowest BCUT2D eigenvalue weighted by atomic mass is 10.0. The van der Waals surface area contributed by atoms with Gasteiger partial charge >= 0.3 is 0 Å². The topological polar surface area (TPSA) is 49.6 Å². The fourth-order valence-electron chi connectivity index (χ4n) is 2.27. The monoisotopic (exact) mass is 241 g/mol. The molecule has 1 fully saturated rings. The second-order valence-corrected chi connectivity index (χ2v) is 5.88. The van der Waals surface area contributed by atoms with E-state index in [9.17, 15) is 4.79 Å². The van der Waals surface area contributed by atoms with E-state index in [0.717, 1.165) is 39.0 Å². The number of carbonyl (C=O) groups excluding carboxylic acids is 1. The minimum absolute atomic E-state index is 0.125. The van der Waals surface area contributed by atoms with Crippen molar-refractivity contribution >= 4 is 5.91 Å². The highest BCUT2D eigenvalue weighted by Crippen LogP contribution is 2.16. The van der Waals surface area contributed by atoms with Gasteiger partial charge in [-0.2, -0.15) is 0 Å². The highest BCUT2D eigenvalue weighted by atomic mass is 16.2. The maximum absolute atomic E-state index is 12.0. The Kier molecular flexibility index (Phi) is 4.95. The summed E-state index contributed by atoms with van der Waals surface area (Å²) in [6.07, 6.45) is 1.76. The molecular formula is C13H27N3O. The van der Waals surface area contributed by atoms with E-state index < -0.39 is 0 Å². The second kappa shape index (κ2) is 5.83. The van der Waals surface area contributed by atoms with Crippen molar-refractivity contribution in [3.05, 3.63) is 0 Å². The molecule has 1 amide bonds. The summed E-state index contributed by atoms with van der Waals surface area (Å²) in [5.41, 5.74) is 6.07. The lowest BCUT2D eigenvalue weighted by Crippen LogP contribution is -2.57. The predicted molar refractivity (Wildman–Crippen MR) is 70.8 cm³/mol. The summed E-state index contributed by atoms with van der Waals surface area (Å²) in [5.74, 6) is 0.125. The van der Waals surface area contributed by atoms with Gasteiger partial charge in [-0.15, -0.1) is 0 Å². The molecule has 4 nitrogen and oxygen atoms in total. The van der Waals surface area contributed by atoms with E-state index >= 15 is 0 Å². The third-order valence-electron chi connectivity index (χ3n) is 3.46.